The molecule has 0 aliphatic heterocycles. The molecule has 1 aromatic heterocycles. The summed E-state index contributed by atoms with van der Waals surface area (Å²) in [6.07, 6.45) is 2.03. The van der Waals surface area contributed by atoms with E-state index in [9.17, 15) is 13.5 Å². The van der Waals surface area contributed by atoms with E-state index in [0.29, 0.717) is 18.4 Å². The van der Waals surface area contributed by atoms with Gasteiger partial charge in [0.25, 0.3) is 0 Å². The predicted octanol–water partition coefficient (Wildman–Crippen LogP) is 3.08. The highest BCUT2D eigenvalue weighted by Crippen LogP contribution is 2.44. The lowest BCUT2D eigenvalue weighted by atomic mass is 9.72. The largest absolute Gasteiger partial charge is 0.389 e. The fraction of sp³-hybridized carbons (Fsp3) is 0.714. The van der Waals surface area contributed by atoms with Crippen LogP contribution >= 0.6 is 11.3 Å². The fourth-order valence-electron chi connectivity index (χ4n) is 2.82. The van der Waals surface area contributed by atoms with Gasteiger partial charge in [-0.15, -0.1) is 11.3 Å². The first kappa shape index (κ1) is 17.6. The molecule has 6 heteroatoms. The van der Waals surface area contributed by atoms with Crippen LogP contribution in [0.4, 0.5) is 0 Å². The summed E-state index contributed by atoms with van der Waals surface area (Å²) in [4.78, 5) is 0. The van der Waals surface area contributed by atoms with E-state index in [0.717, 1.165) is 17.8 Å². The Labute approximate surface area is 126 Å². The molecule has 0 saturated carbocycles. The molecule has 0 aliphatic rings. The zero-order valence-corrected chi connectivity index (χ0v) is 14.2. The van der Waals surface area contributed by atoms with E-state index in [2.05, 4.69) is 0 Å². The molecular formula is C14H25NO3S2. The molecule has 0 unspecified atom stereocenters. The van der Waals surface area contributed by atoms with Gasteiger partial charge in [-0.2, -0.15) is 0 Å². The zero-order valence-electron chi connectivity index (χ0n) is 12.6. The summed E-state index contributed by atoms with van der Waals surface area (Å²) in [5, 5.41) is 18.0. The summed E-state index contributed by atoms with van der Waals surface area (Å²) < 4.78 is 23.7. The van der Waals surface area contributed by atoms with E-state index in [1.165, 1.54) is 0 Å². The number of thiophene rings is 1. The number of aliphatic hydroxyl groups is 1. The molecule has 1 heterocycles. The van der Waals surface area contributed by atoms with E-state index in [1.54, 1.807) is 11.4 Å². The van der Waals surface area contributed by atoms with Crippen molar-refractivity contribution in [1.82, 2.24) is 0 Å². The first-order chi connectivity index (χ1) is 9.21. The summed E-state index contributed by atoms with van der Waals surface area (Å²) in [6, 6.07) is 1.79. The summed E-state index contributed by atoms with van der Waals surface area (Å²) in [6.45, 7) is 7.96. The van der Waals surface area contributed by atoms with Crippen molar-refractivity contribution >= 4 is 21.4 Å². The van der Waals surface area contributed by atoms with Gasteiger partial charge in [0.1, 0.15) is 4.21 Å². The Kier molecular flexibility index (Phi) is 5.78. The fourth-order valence-corrected chi connectivity index (χ4v) is 4.71. The van der Waals surface area contributed by atoms with Gasteiger partial charge >= 0.3 is 0 Å². The van der Waals surface area contributed by atoms with Crippen molar-refractivity contribution in [3.8, 4) is 0 Å². The molecule has 20 heavy (non-hydrogen) atoms. The molecule has 4 nitrogen and oxygen atoms in total. The Bertz CT molecular complexity index is 532. The van der Waals surface area contributed by atoms with Crippen molar-refractivity contribution in [3.05, 3.63) is 17.0 Å². The highest BCUT2D eigenvalue weighted by atomic mass is 32.2. The smallest absolute Gasteiger partial charge is 0.247 e. The lowest BCUT2D eigenvalue weighted by molar-refractivity contribution is -0.0139. The van der Waals surface area contributed by atoms with Crippen molar-refractivity contribution in [2.45, 2.75) is 62.7 Å². The molecule has 2 atom stereocenters. The van der Waals surface area contributed by atoms with Crippen LogP contribution in [0.15, 0.2) is 15.7 Å². The highest BCUT2D eigenvalue weighted by Gasteiger charge is 2.40. The lowest BCUT2D eigenvalue weighted by Gasteiger charge is -2.38. The van der Waals surface area contributed by atoms with E-state index >= 15 is 0 Å². The van der Waals surface area contributed by atoms with Crippen molar-refractivity contribution in [1.29, 1.82) is 0 Å². The molecule has 0 aliphatic carbocycles. The van der Waals surface area contributed by atoms with Gasteiger partial charge in [0, 0.05) is 5.92 Å². The number of hydrogen-bond donors (Lipinski definition) is 2. The minimum atomic E-state index is -3.75. The van der Waals surface area contributed by atoms with Gasteiger partial charge in [-0.05, 0) is 35.8 Å². The van der Waals surface area contributed by atoms with Crippen molar-refractivity contribution in [3.63, 3.8) is 0 Å². The maximum atomic E-state index is 11.7. The van der Waals surface area contributed by atoms with Crippen LogP contribution in [0.2, 0.25) is 0 Å². The topological polar surface area (TPSA) is 80.4 Å². The monoisotopic (exact) mass is 319 g/mol. The third-order valence-electron chi connectivity index (χ3n) is 4.27. The molecule has 0 amide bonds. The summed E-state index contributed by atoms with van der Waals surface area (Å²) in [5.74, 6) is -0.0444. The maximum Gasteiger partial charge on any atom is 0.247 e. The Morgan fingerprint density at radius 2 is 1.90 bits per heavy atom. The highest BCUT2D eigenvalue weighted by molar-refractivity contribution is 7.91. The van der Waals surface area contributed by atoms with Crippen LogP contribution in [-0.2, 0) is 10.0 Å². The zero-order chi connectivity index (χ0) is 15.6. The molecule has 0 saturated heterocycles. The van der Waals surface area contributed by atoms with Gasteiger partial charge < -0.3 is 5.11 Å². The van der Waals surface area contributed by atoms with Gasteiger partial charge in [0.2, 0.25) is 10.0 Å². The van der Waals surface area contributed by atoms with E-state index in [1.807, 2.05) is 27.7 Å². The second-order valence-electron chi connectivity index (χ2n) is 5.38. The standard InChI is InChI=1S/C14H25NO3S2/c1-5-10(4)12(14(16,6-2)7-3)11-8-9-19-13(11)20(15,17)18/h8-10,12,16H,5-7H2,1-4H3,(H2,15,17,18)/t10-,12-/m0/s1. The number of primary sulfonamides is 1. The van der Waals surface area contributed by atoms with Crippen LogP contribution in [0.3, 0.4) is 0 Å². The second-order valence-corrected chi connectivity index (χ2v) is 8.06. The molecule has 116 valence electrons. The van der Waals surface area contributed by atoms with Gasteiger partial charge in [-0.3, -0.25) is 0 Å². The molecule has 0 bridgehead atoms. The van der Waals surface area contributed by atoms with E-state index in [4.69, 9.17) is 5.14 Å². The van der Waals surface area contributed by atoms with Gasteiger partial charge in [0.05, 0.1) is 5.60 Å². The summed E-state index contributed by atoms with van der Waals surface area (Å²) >= 11 is 1.13. The first-order valence-corrected chi connectivity index (χ1v) is 9.46. The van der Waals surface area contributed by atoms with Crippen molar-refractivity contribution in [2.75, 3.05) is 0 Å². The van der Waals surface area contributed by atoms with Crippen LogP contribution < -0.4 is 5.14 Å². The van der Waals surface area contributed by atoms with Crippen molar-refractivity contribution < 1.29 is 13.5 Å². The van der Waals surface area contributed by atoms with Crippen LogP contribution in [0, 0.1) is 5.92 Å². The van der Waals surface area contributed by atoms with E-state index < -0.39 is 15.6 Å². The maximum absolute atomic E-state index is 11.7. The van der Waals surface area contributed by atoms with Gasteiger partial charge in [0.15, 0.2) is 0 Å². The third-order valence-corrected chi connectivity index (χ3v) is 6.73. The minimum Gasteiger partial charge on any atom is -0.389 e. The molecule has 0 spiro atoms. The third kappa shape index (κ3) is 3.42. The molecule has 0 aromatic carbocycles. The van der Waals surface area contributed by atoms with Crippen LogP contribution in [0.1, 0.15) is 58.4 Å². The Hall–Kier alpha value is -0.430. The Morgan fingerprint density at radius 1 is 1.35 bits per heavy atom. The lowest BCUT2D eigenvalue weighted by Crippen LogP contribution is -2.39. The van der Waals surface area contributed by atoms with E-state index in [-0.39, 0.29) is 16.0 Å². The molecule has 1 rings (SSSR count). The number of hydrogen-bond acceptors (Lipinski definition) is 4. The van der Waals surface area contributed by atoms with Gasteiger partial charge in [-0.1, -0.05) is 34.1 Å². The molecule has 3 N–H and O–H groups in total. The number of nitrogens with two attached hydrogens (primary N) is 1. The predicted molar refractivity (Wildman–Crippen MR) is 83.4 cm³/mol. The second kappa shape index (κ2) is 6.56. The Balaban J connectivity index is 3.44. The SMILES string of the molecule is CC[C@H](C)[C@@H](c1ccsc1S(N)(=O)=O)C(O)(CC)CC. The average Bonchev–Trinajstić information content (AvgIpc) is 2.87. The normalized spacial score (nSPS) is 16.1. The first-order valence-electron chi connectivity index (χ1n) is 7.03. The molecule has 0 radical (unpaired) electrons. The van der Waals surface area contributed by atoms with Crippen molar-refractivity contribution in [2.24, 2.45) is 11.1 Å². The number of rotatable bonds is 7. The quantitative estimate of drug-likeness (QED) is 0.810. The van der Waals surface area contributed by atoms with Crippen LogP contribution in [0.5, 0.6) is 0 Å². The Morgan fingerprint density at radius 3 is 2.30 bits per heavy atom. The number of sulfonamides is 1. The summed E-state index contributed by atoms with van der Waals surface area (Å²) in [7, 11) is -3.75. The van der Waals surface area contributed by atoms with Crippen LogP contribution in [-0.4, -0.2) is 19.1 Å². The molecule has 1 aromatic rings. The molecular weight excluding hydrogens is 294 g/mol. The molecule has 0 fully saturated rings. The van der Waals surface area contributed by atoms with Gasteiger partial charge in [-0.25, -0.2) is 13.6 Å². The average molecular weight is 319 g/mol. The minimum absolute atomic E-state index is 0.176. The van der Waals surface area contributed by atoms with Crippen LogP contribution in [0.25, 0.3) is 0 Å². The summed E-state index contributed by atoms with van der Waals surface area (Å²) in [5.41, 5.74) is -0.242.